The molecular formula is C15H21Cl2NO2. The molecule has 1 aromatic carbocycles. The van der Waals surface area contributed by atoms with E-state index >= 15 is 0 Å². The molecule has 2 unspecified atom stereocenters. The van der Waals surface area contributed by atoms with Crippen LogP contribution in [0.2, 0.25) is 10.0 Å². The van der Waals surface area contributed by atoms with Gasteiger partial charge in [-0.15, -0.1) is 0 Å². The molecule has 2 rings (SSSR count). The van der Waals surface area contributed by atoms with Crippen molar-refractivity contribution in [1.29, 1.82) is 0 Å². The zero-order chi connectivity index (χ0) is 14.4. The van der Waals surface area contributed by atoms with E-state index < -0.39 is 0 Å². The summed E-state index contributed by atoms with van der Waals surface area (Å²) in [7, 11) is 0. The van der Waals surface area contributed by atoms with E-state index in [2.05, 4.69) is 12.2 Å². The van der Waals surface area contributed by atoms with Crippen LogP contribution in [0.15, 0.2) is 18.2 Å². The quantitative estimate of drug-likeness (QED) is 0.873. The molecule has 0 spiro atoms. The molecule has 1 aliphatic heterocycles. The van der Waals surface area contributed by atoms with Crippen LogP contribution in [-0.2, 0) is 15.9 Å². The Morgan fingerprint density at radius 1 is 1.30 bits per heavy atom. The van der Waals surface area contributed by atoms with Crippen LogP contribution >= 0.6 is 23.2 Å². The standard InChI is InChI=1S/C15H21Cl2NO2/c1-2-5-18-14(15-10-19-6-7-20-15)9-11-3-4-12(16)13(17)8-11/h3-4,8,14-15,18H,2,5-7,9-10H2,1H3. The van der Waals surface area contributed by atoms with Crippen molar-refractivity contribution in [3.63, 3.8) is 0 Å². The molecule has 1 aliphatic rings. The van der Waals surface area contributed by atoms with Gasteiger partial charge < -0.3 is 14.8 Å². The first-order chi connectivity index (χ1) is 9.70. The summed E-state index contributed by atoms with van der Waals surface area (Å²) in [5.74, 6) is 0. The lowest BCUT2D eigenvalue weighted by atomic mass is 10.0. The highest BCUT2D eigenvalue weighted by Crippen LogP contribution is 2.24. The Bertz CT molecular complexity index is 422. The van der Waals surface area contributed by atoms with Crippen LogP contribution in [0.1, 0.15) is 18.9 Å². The molecule has 0 bridgehead atoms. The lowest BCUT2D eigenvalue weighted by Crippen LogP contribution is -2.48. The summed E-state index contributed by atoms with van der Waals surface area (Å²) in [4.78, 5) is 0. The average Bonchev–Trinajstić information content (AvgIpc) is 2.48. The van der Waals surface area contributed by atoms with Crippen LogP contribution in [0.3, 0.4) is 0 Å². The van der Waals surface area contributed by atoms with Crippen molar-refractivity contribution < 1.29 is 9.47 Å². The second kappa shape index (κ2) is 8.20. The Morgan fingerprint density at radius 3 is 2.80 bits per heavy atom. The van der Waals surface area contributed by atoms with Gasteiger partial charge in [0, 0.05) is 6.04 Å². The first kappa shape index (κ1) is 16.1. The fourth-order valence-electron chi connectivity index (χ4n) is 2.32. The SMILES string of the molecule is CCCNC(Cc1ccc(Cl)c(Cl)c1)C1COCCO1. The summed E-state index contributed by atoms with van der Waals surface area (Å²) < 4.78 is 11.3. The monoisotopic (exact) mass is 317 g/mol. The summed E-state index contributed by atoms with van der Waals surface area (Å²) in [6.45, 7) is 5.11. The predicted molar refractivity (Wildman–Crippen MR) is 82.8 cm³/mol. The van der Waals surface area contributed by atoms with Crippen molar-refractivity contribution in [3.05, 3.63) is 33.8 Å². The van der Waals surface area contributed by atoms with Gasteiger partial charge in [0.25, 0.3) is 0 Å². The van der Waals surface area contributed by atoms with E-state index in [9.17, 15) is 0 Å². The molecule has 1 aromatic rings. The number of hydrogen-bond donors (Lipinski definition) is 1. The van der Waals surface area contributed by atoms with Crippen molar-refractivity contribution in [2.45, 2.75) is 31.9 Å². The number of rotatable bonds is 6. The first-order valence-electron chi connectivity index (χ1n) is 7.07. The van der Waals surface area contributed by atoms with Crippen molar-refractivity contribution in [3.8, 4) is 0 Å². The van der Waals surface area contributed by atoms with E-state index in [1.165, 1.54) is 0 Å². The Labute approximate surface area is 130 Å². The molecule has 5 heteroatoms. The van der Waals surface area contributed by atoms with Crippen molar-refractivity contribution >= 4 is 23.2 Å². The molecule has 3 nitrogen and oxygen atoms in total. The minimum Gasteiger partial charge on any atom is -0.376 e. The first-order valence-corrected chi connectivity index (χ1v) is 7.83. The van der Waals surface area contributed by atoms with Gasteiger partial charge in [-0.2, -0.15) is 0 Å². The lowest BCUT2D eigenvalue weighted by Gasteiger charge is -2.31. The van der Waals surface area contributed by atoms with Gasteiger partial charge in [-0.05, 0) is 37.1 Å². The third kappa shape index (κ3) is 4.61. The van der Waals surface area contributed by atoms with Gasteiger partial charge >= 0.3 is 0 Å². The fraction of sp³-hybridized carbons (Fsp3) is 0.600. The normalized spacial score (nSPS) is 20.9. The maximum atomic E-state index is 6.08. The number of ether oxygens (including phenoxy) is 2. The Balaban J connectivity index is 2.03. The molecule has 0 aliphatic carbocycles. The number of benzene rings is 1. The second-order valence-electron chi connectivity index (χ2n) is 5.00. The molecule has 2 atom stereocenters. The number of nitrogens with one attached hydrogen (secondary N) is 1. The van der Waals surface area contributed by atoms with Gasteiger partial charge in [0.15, 0.2) is 0 Å². The van der Waals surface area contributed by atoms with Crippen LogP contribution < -0.4 is 5.32 Å². The van der Waals surface area contributed by atoms with Gasteiger partial charge in [0.2, 0.25) is 0 Å². The highest BCUT2D eigenvalue weighted by molar-refractivity contribution is 6.42. The van der Waals surface area contributed by atoms with Crippen molar-refractivity contribution in [1.82, 2.24) is 5.32 Å². The Morgan fingerprint density at radius 2 is 2.15 bits per heavy atom. The number of halogens is 2. The molecule has 1 heterocycles. The smallest absolute Gasteiger partial charge is 0.0965 e. The molecule has 20 heavy (non-hydrogen) atoms. The van der Waals surface area contributed by atoms with Crippen molar-refractivity contribution in [2.75, 3.05) is 26.4 Å². The fourth-order valence-corrected chi connectivity index (χ4v) is 2.64. The van der Waals surface area contributed by atoms with E-state index in [1.54, 1.807) is 0 Å². The highest BCUT2D eigenvalue weighted by Gasteiger charge is 2.25. The average molecular weight is 318 g/mol. The minimum absolute atomic E-state index is 0.0877. The lowest BCUT2D eigenvalue weighted by molar-refractivity contribution is -0.101. The van der Waals surface area contributed by atoms with E-state index in [4.69, 9.17) is 32.7 Å². The summed E-state index contributed by atoms with van der Waals surface area (Å²) >= 11 is 12.0. The van der Waals surface area contributed by atoms with Gasteiger partial charge in [-0.3, -0.25) is 0 Å². The van der Waals surface area contributed by atoms with E-state index in [-0.39, 0.29) is 12.1 Å². The van der Waals surface area contributed by atoms with E-state index in [1.807, 2.05) is 18.2 Å². The topological polar surface area (TPSA) is 30.5 Å². The largest absolute Gasteiger partial charge is 0.376 e. The molecule has 0 aromatic heterocycles. The third-order valence-electron chi connectivity index (χ3n) is 3.39. The maximum absolute atomic E-state index is 6.08. The molecule has 1 N–H and O–H groups in total. The zero-order valence-electron chi connectivity index (χ0n) is 11.7. The van der Waals surface area contributed by atoms with Crippen LogP contribution in [0.4, 0.5) is 0 Å². The molecule has 0 radical (unpaired) electrons. The molecule has 0 amide bonds. The summed E-state index contributed by atoms with van der Waals surface area (Å²) in [5, 5.41) is 4.73. The highest BCUT2D eigenvalue weighted by atomic mass is 35.5. The van der Waals surface area contributed by atoms with Gasteiger partial charge in [0.05, 0.1) is 36.0 Å². The molecular weight excluding hydrogens is 297 g/mol. The Kier molecular flexibility index (Phi) is 6.59. The molecule has 1 fully saturated rings. The summed E-state index contributed by atoms with van der Waals surface area (Å²) in [5.41, 5.74) is 1.15. The van der Waals surface area contributed by atoms with Crippen LogP contribution in [0, 0.1) is 0 Å². The van der Waals surface area contributed by atoms with Crippen LogP contribution in [0.5, 0.6) is 0 Å². The van der Waals surface area contributed by atoms with Gasteiger partial charge in [-0.1, -0.05) is 36.2 Å². The summed E-state index contributed by atoms with van der Waals surface area (Å²) in [6, 6.07) is 6.01. The maximum Gasteiger partial charge on any atom is 0.0965 e. The van der Waals surface area contributed by atoms with Crippen LogP contribution in [-0.4, -0.2) is 38.5 Å². The van der Waals surface area contributed by atoms with E-state index in [0.29, 0.717) is 29.9 Å². The van der Waals surface area contributed by atoms with Gasteiger partial charge in [0.1, 0.15) is 0 Å². The molecule has 1 saturated heterocycles. The zero-order valence-corrected chi connectivity index (χ0v) is 13.2. The molecule has 0 saturated carbocycles. The Hall–Kier alpha value is -0.320. The number of hydrogen-bond acceptors (Lipinski definition) is 3. The molecule has 112 valence electrons. The van der Waals surface area contributed by atoms with Crippen LogP contribution in [0.25, 0.3) is 0 Å². The summed E-state index contributed by atoms with van der Waals surface area (Å²) in [6.07, 6.45) is 2.03. The van der Waals surface area contributed by atoms with E-state index in [0.717, 1.165) is 24.9 Å². The van der Waals surface area contributed by atoms with Crippen molar-refractivity contribution in [2.24, 2.45) is 0 Å². The minimum atomic E-state index is 0.0877. The predicted octanol–water partition coefficient (Wildman–Crippen LogP) is 3.32. The second-order valence-corrected chi connectivity index (χ2v) is 5.81. The third-order valence-corrected chi connectivity index (χ3v) is 4.13. The van der Waals surface area contributed by atoms with Gasteiger partial charge in [-0.25, -0.2) is 0 Å².